The summed E-state index contributed by atoms with van der Waals surface area (Å²) in [5.41, 5.74) is 1.48. The summed E-state index contributed by atoms with van der Waals surface area (Å²) in [6.07, 6.45) is 3.69. The van der Waals surface area contributed by atoms with Crippen LogP contribution in [0.4, 0.5) is 0 Å². The molecule has 0 amide bonds. The first-order chi connectivity index (χ1) is 11.3. The van der Waals surface area contributed by atoms with Crippen LogP contribution in [-0.2, 0) is 13.0 Å². The molecular weight excluding hydrogens is 310 g/mol. The molecule has 0 aliphatic carbocycles. The highest BCUT2D eigenvalue weighted by molar-refractivity contribution is 7.99. The lowest BCUT2D eigenvalue weighted by atomic mass is 10.1. The molecule has 0 saturated carbocycles. The minimum absolute atomic E-state index is 0.223. The third kappa shape index (κ3) is 3.38. The fourth-order valence-electron chi connectivity index (χ4n) is 2.22. The Kier molecular flexibility index (Phi) is 4.64. The molecule has 0 unspecified atom stereocenters. The highest BCUT2D eigenvalue weighted by Gasteiger charge is 2.13. The maximum Gasteiger partial charge on any atom is 0.282 e. The van der Waals surface area contributed by atoms with Gasteiger partial charge in [-0.05, 0) is 12.0 Å². The zero-order valence-corrected chi connectivity index (χ0v) is 13.0. The molecule has 7 heteroatoms. The van der Waals surface area contributed by atoms with Crippen LogP contribution in [0.25, 0.3) is 11.2 Å². The predicted octanol–water partition coefficient (Wildman–Crippen LogP) is 2.04. The molecule has 6 nitrogen and oxygen atoms in total. The highest BCUT2D eigenvalue weighted by Crippen LogP contribution is 2.16. The molecule has 2 heterocycles. The Morgan fingerprint density at radius 3 is 2.74 bits per heavy atom. The van der Waals surface area contributed by atoms with E-state index < -0.39 is 0 Å². The van der Waals surface area contributed by atoms with Gasteiger partial charge in [0, 0.05) is 18.9 Å². The molecule has 0 radical (unpaired) electrons. The van der Waals surface area contributed by atoms with Crippen LogP contribution in [-0.4, -0.2) is 25.3 Å². The maximum absolute atomic E-state index is 12.7. The van der Waals surface area contributed by atoms with Gasteiger partial charge in [0.05, 0.1) is 11.8 Å². The number of fused-ring (bicyclic) bond motifs is 1. The summed E-state index contributed by atoms with van der Waals surface area (Å²) < 4.78 is 1.58. The van der Waals surface area contributed by atoms with Crippen molar-refractivity contribution in [1.29, 1.82) is 5.26 Å². The smallest absolute Gasteiger partial charge is 0.282 e. The van der Waals surface area contributed by atoms with E-state index in [2.05, 4.69) is 21.0 Å². The van der Waals surface area contributed by atoms with Gasteiger partial charge in [0.15, 0.2) is 16.3 Å². The summed E-state index contributed by atoms with van der Waals surface area (Å²) in [5.74, 6) is 0.226. The summed E-state index contributed by atoms with van der Waals surface area (Å²) in [6, 6.07) is 12.0. The van der Waals surface area contributed by atoms with Crippen LogP contribution in [0.1, 0.15) is 5.56 Å². The topological polar surface area (TPSA) is 84.5 Å². The molecular formula is C16H13N5OS. The van der Waals surface area contributed by atoms with Gasteiger partial charge >= 0.3 is 0 Å². The molecule has 114 valence electrons. The summed E-state index contributed by atoms with van der Waals surface area (Å²) in [7, 11) is 0. The van der Waals surface area contributed by atoms with E-state index in [9.17, 15) is 4.79 Å². The number of rotatable bonds is 5. The summed E-state index contributed by atoms with van der Waals surface area (Å²) in [4.78, 5) is 25.2. The number of hydrogen-bond donors (Lipinski definition) is 0. The van der Waals surface area contributed by atoms with E-state index in [1.165, 1.54) is 24.2 Å². The minimum atomic E-state index is -0.223. The van der Waals surface area contributed by atoms with Gasteiger partial charge in [-0.3, -0.25) is 9.36 Å². The zero-order chi connectivity index (χ0) is 16.1. The van der Waals surface area contributed by atoms with Crippen LogP contribution in [0, 0.1) is 11.3 Å². The average Bonchev–Trinajstić information content (AvgIpc) is 2.60. The zero-order valence-electron chi connectivity index (χ0n) is 12.2. The Morgan fingerprint density at radius 2 is 1.96 bits per heavy atom. The fraction of sp³-hybridized carbons (Fsp3) is 0.188. The van der Waals surface area contributed by atoms with Gasteiger partial charge in [-0.25, -0.2) is 15.0 Å². The molecule has 0 N–H and O–H groups in total. The van der Waals surface area contributed by atoms with Crippen LogP contribution in [0.15, 0.2) is 52.7 Å². The second-order valence-corrected chi connectivity index (χ2v) is 5.70. The van der Waals surface area contributed by atoms with E-state index in [4.69, 9.17) is 5.26 Å². The maximum atomic E-state index is 12.7. The lowest BCUT2D eigenvalue weighted by Crippen LogP contribution is -2.25. The molecule has 2 aromatic heterocycles. The predicted molar refractivity (Wildman–Crippen MR) is 88.1 cm³/mol. The van der Waals surface area contributed by atoms with Gasteiger partial charge in [-0.2, -0.15) is 5.26 Å². The number of aromatic nitrogens is 4. The van der Waals surface area contributed by atoms with Gasteiger partial charge in [-0.1, -0.05) is 42.1 Å². The molecule has 0 spiro atoms. The van der Waals surface area contributed by atoms with E-state index in [1.54, 1.807) is 4.57 Å². The lowest BCUT2D eigenvalue weighted by molar-refractivity contribution is 0.593. The first kappa shape index (κ1) is 15.2. The van der Waals surface area contributed by atoms with Gasteiger partial charge in [0.1, 0.15) is 0 Å². The quantitative estimate of drug-likeness (QED) is 0.528. The largest absolute Gasteiger partial charge is 0.285 e. The lowest BCUT2D eigenvalue weighted by Gasteiger charge is -2.11. The second kappa shape index (κ2) is 7.03. The SMILES string of the molecule is N#CCSc1nc2nccnc2c(=O)n1CCc1ccccc1. The van der Waals surface area contributed by atoms with E-state index in [0.29, 0.717) is 23.8 Å². The van der Waals surface area contributed by atoms with Crippen molar-refractivity contribution in [2.75, 3.05) is 5.75 Å². The van der Waals surface area contributed by atoms with Gasteiger partial charge in [0.25, 0.3) is 5.56 Å². The Bertz CT molecular complexity index is 917. The first-order valence-corrected chi connectivity index (χ1v) is 8.03. The standard InChI is InChI=1S/C16H13N5OS/c17-7-11-23-16-20-14-13(18-8-9-19-14)15(22)21(16)10-6-12-4-2-1-3-5-12/h1-5,8-9H,6,10-11H2. The van der Waals surface area contributed by atoms with Crippen molar-refractivity contribution in [3.63, 3.8) is 0 Å². The monoisotopic (exact) mass is 323 g/mol. The van der Waals surface area contributed by atoms with E-state index >= 15 is 0 Å². The van der Waals surface area contributed by atoms with Crippen molar-refractivity contribution >= 4 is 22.9 Å². The van der Waals surface area contributed by atoms with Crippen LogP contribution < -0.4 is 5.56 Å². The van der Waals surface area contributed by atoms with E-state index in [-0.39, 0.29) is 16.8 Å². The summed E-state index contributed by atoms with van der Waals surface area (Å²) in [6.45, 7) is 0.482. The Morgan fingerprint density at radius 1 is 1.17 bits per heavy atom. The molecule has 0 saturated heterocycles. The minimum Gasteiger partial charge on any atom is -0.285 e. The Balaban J connectivity index is 2.00. The third-order valence-corrected chi connectivity index (χ3v) is 4.14. The number of nitriles is 1. The van der Waals surface area contributed by atoms with Crippen molar-refractivity contribution < 1.29 is 0 Å². The molecule has 0 aliphatic rings. The molecule has 3 aromatic rings. The van der Waals surface area contributed by atoms with Crippen LogP contribution in [0.3, 0.4) is 0 Å². The van der Waals surface area contributed by atoms with Crippen molar-refractivity contribution in [2.24, 2.45) is 0 Å². The molecule has 23 heavy (non-hydrogen) atoms. The summed E-state index contributed by atoms with van der Waals surface area (Å²) in [5, 5.41) is 9.30. The van der Waals surface area contributed by atoms with Crippen molar-refractivity contribution in [2.45, 2.75) is 18.1 Å². The highest BCUT2D eigenvalue weighted by atomic mass is 32.2. The molecule has 3 rings (SSSR count). The first-order valence-electron chi connectivity index (χ1n) is 7.05. The molecule has 0 fully saturated rings. The molecule has 0 aliphatic heterocycles. The number of thioether (sulfide) groups is 1. The van der Waals surface area contributed by atoms with Gasteiger partial charge < -0.3 is 0 Å². The van der Waals surface area contributed by atoms with E-state index in [0.717, 1.165) is 5.56 Å². The van der Waals surface area contributed by atoms with Crippen molar-refractivity contribution in [3.05, 3.63) is 58.6 Å². The van der Waals surface area contributed by atoms with Crippen LogP contribution in [0.2, 0.25) is 0 Å². The third-order valence-electron chi connectivity index (χ3n) is 3.29. The number of aryl methyl sites for hydroxylation is 1. The van der Waals surface area contributed by atoms with Gasteiger partial charge in [0.2, 0.25) is 0 Å². The van der Waals surface area contributed by atoms with Crippen LogP contribution >= 0.6 is 11.8 Å². The van der Waals surface area contributed by atoms with Gasteiger partial charge in [-0.15, -0.1) is 0 Å². The molecule has 0 bridgehead atoms. The normalized spacial score (nSPS) is 10.6. The summed E-state index contributed by atoms with van der Waals surface area (Å²) >= 11 is 1.23. The average molecular weight is 323 g/mol. The molecule has 1 aromatic carbocycles. The number of nitrogens with zero attached hydrogens (tertiary/aromatic N) is 5. The Labute approximate surface area is 136 Å². The number of hydrogen-bond acceptors (Lipinski definition) is 6. The van der Waals surface area contributed by atoms with Crippen molar-refractivity contribution in [3.8, 4) is 6.07 Å². The second-order valence-electron chi connectivity index (χ2n) is 4.76. The van der Waals surface area contributed by atoms with Crippen LogP contribution in [0.5, 0.6) is 0 Å². The number of benzene rings is 1. The van der Waals surface area contributed by atoms with E-state index in [1.807, 2.05) is 30.3 Å². The fourth-order valence-corrected chi connectivity index (χ4v) is 2.89. The van der Waals surface area contributed by atoms with Crippen molar-refractivity contribution in [1.82, 2.24) is 19.5 Å². The molecule has 0 atom stereocenters. The Hall–Kier alpha value is -2.72.